The smallest absolute Gasteiger partial charge is 0.319 e. The molecule has 0 radical (unpaired) electrons. The van der Waals surface area contributed by atoms with Crippen LogP contribution in [0.1, 0.15) is 67.5 Å². The number of benzene rings is 2. The average molecular weight is 453 g/mol. The zero-order valence-corrected chi connectivity index (χ0v) is 21.9. The Labute approximate surface area is 202 Å². The lowest BCUT2D eigenvalue weighted by Crippen LogP contribution is -2.14. The summed E-state index contributed by atoms with van der Waals surface area (Å²) in [6.45, 7) is 11.4. The molecule has 4 heteroatoms. The molecule has 0 heterocycles. The van der Waals surface area contributed by atoms with Crippen molar-refractivity contribution in [3.63, 3.8) is 0 Å². The molecule has 0 spiro atoms. The topological polar surface area (TPSA) is 55.6 Å². The van der Waals surface area contributed by atoms with Crippen molar-refractivity contribution in [1.82, 2.24) is 4.90 Å². The number of aryl methyl sites for hydroxylation is 1. The number of carbonyl (C=O) groups excluding carboxylic acids is 1. The predicted octanol–water partition coefficient (Wildman–Crippen LogP) is 6.25. The molecule has 0 bridgehead atoms. The van der Waals surface area contributed by atoms with Crippen LogP contribution in [0.5, 0.6) is 0 Å². The summed E-state index contributed by atoms with van der Waals surface area (Å²) >= 11 is 0. The maximum Gasteiger partial charge on any atom is 0.319 e. The first-order chi connectivity index (χ1) is 15.8. The van der Waals surface area contributed by atoms with E-state index in [-0.39, 0.29) is 12.5 Å². The van der Waals surface area contributed by atoms with E-state index in [1.807, 2.05) is 13.8 Å². The van der Waals surface area contributed by atoms with Gasteiger partial charge in [-0.1, -0.05) is 81.0 Å². The molecule has 4 nitrogen and oxygen atoms in total. The van der Waals surface area contributed by atoms with Gasteiger partial charge in [0.15, 0.2) is 0 Å². The number of hydrogen-bond donors (Lipinski definition) is 1. The van der Waals surface area contributed by atoms with Crippen molar-refractivity contribution in [1.29, 1.82) is 0 Å². The number of nitrogens with zero attached hydrogens (tertiary/aromatic N) is 1. The van der Waals surface area contributed by atoms with Crippen molar-refractivity contribution < 1.29 is 9.53 Å². The van der Waals surface area contributed by atoms with Crippen LogP contribution in [0.4, 0.5) is 0 Å². The van der Waals surface area contributed by atoms with E-state index >= 15 is 0 Å². The molecule has 0 aromatic heterocycles. The zero-order chi connectivity index (χ0) is 25.2. The summed E-state index contributed by atoms with van der Waals surface area (Å²) < 4.78 is 4.14. The van der Waals surface area contributed by atoms with Crippen molar-refractivity contribution in [3.05, 3.63) is 81.9 Å². The Morgan fingerprint density at radius 2 is 1.79 bits per heavy atom. The Kier molecular flexibility index (Phi) is 16.4. The number of nitrogens with two attached hydrogens (primary N) is 1. The van der Waals surface area contributed by atoms with Gasteiger partial charge in [0, 0.05) is 6.54 Å². The molecular formula is C29H44N2O2. The number of esters is 1. The van der Waals surface area contributed by atoms with E-state index in [2.05, 4.69) is 105 Å². The number of hydrogen-bond acceptors (Lipinski definition) is 4. The molecule has 0 unspecified atom stereocenters. The highest BCUT2D eigenvalue weighted by Crippen LogP contribution is 2.25. The van der Waals surface area contributed by atoms with E-state index in [1.165, 1.54) is 40.5 Å². The van der Waals surface area contributed by atoms with Gasteiger partial charge in [-0.25, -0.2) is 0 Å². The number of carbonyl (C=O) groups is 1. The van der Waals surface area contributed by atoms with Gasteiger partial charge in [-0.15, -0.1) is 0 Å². The van der Waals surface area contributed by atoms with Gasteiger partial charge in [-0.2, -0.15) is 0 Å². The van der Waals surface area contributed by atoms with Crippen molar-refractivity contribution in [2.24, 2.45) is 5.73 Å². The van der Waals surface area contributed by atoms with E-state index in [1.54, 1.807) is 0 Å². The maximum atomic E-state index is 9.83. The first kappa shape index (κ1) is 30.3. The lowest BCUT2D eigenvalue weighted by molar-refractivity contribution is -0.138. The molecule has 0 fully saturated rings. The fraction of sp³-hybridized carbons (Fsp3) is 0.414. The van der Waals surface area contributed by atoms with E-state index in [0.29, 0.717) is 0 Å². The molecule has 2 N–H and O–H groups in total. The molecule has 0 aliphatic heterocycles. The van der Waals surface area contributed by atoms with Crippen LogP contribution in [0.2, 0.25) is 0 Å². The first-order valence-corrected chi connectivity index (χ1v) is 11.8. The van der Waals surface area contributed by atoms with Crippen LogP contribution in [0, 0.1) is 6.92 Å². The molecule has 0 atom stereocenters. The summed E-state index contributed by atoms with van der Waals surface area (Å²) in [6, 6.07) is 13.5. The SMILES string of the molecule is C/C=C\c1cc(CN(C)C)cc(Cc2cccc(C)c2)c1/C=C/CC.CC.COC(=O)CN. The quantitative estimate of drug-likeness (QED) is 0.481. The van der Waals surface area contributed by atoms with Crippen molar-refractivity contribution in [2.75, 3.05) is 27.7 Å². The maximum absolute atomic E-state index is 9.83. The monoisotopic (exact) mass is 452 g/mol. The Hall–Kier alpha value is -2.69. The van der Waals surface area contributed by atoms with Gasteiger partial charge in [-0.05, 0) is 74.7 Å². The van der Waals surface area contributed by atoms with Crippen LogP contribution in [0.3, 0.4) is 0 Å². The van der Waals surface area contributed by atoms with E-state index in [0.717, 1.165) is 19.4 Å². The second kappa shape index (κ2) is 17.8. The first-order valence-electron chi connectivity index (χ1n) is 11.8. The third kappa shape index (κ3) is 12.2. The average Bonchev–Trinajstić information content (AvgIpc) is 2.79. The van der Waals surface area contributed by atoms with Crippen LogP contribution in [-0.2, 0) is 22.5 Å². The summed E-state index contributed by atoms with van der Waals surface area (Å²) in [7, 11) is 5.55. The van der Waals surface area contributed by atoms with Crippen LogP contribution >= 0.6 is 0 Å². The van der Waals surface area contributed by atoms with Gasteiger partial charge in [0.05, 0.1) is 13.7 Å². The fourth-order valence-corrected chi connectivity index (χ4v) is 3.29. The lowest BCUT2D eigenvalue weighted by atomic mass is 9.92. The largest absolute Gasteiger partial charge is 0.468 e. The number of methoxy groups -OCH3 is 1. The van der Waals surface area contributed by atoms with Gasteiger partial charge >= 0.3 is 5.97 Å². The van der Waals surface area contributed by atoms with Crippen molar-refractivity contribution >= 4 is 18.1 Å². The minimum atomic E-state index is -0.380. The van der Waals surface area contributed by atoms with Gasteiger partial charge in [0.25, 0.3) is 0 Å². The second-order valence-corrected chi connectivity index (χ2v) is 7.75. The van der Waals surface area contributed by atoms with Gasteiger partial charge in [0.1, 0.15) is 0 Å². The number of rotatable bonds is 8. The molecule has 0 aliphatic carbocycles. The molecule has 0 saturated carbocycles. The van der Waals surface area contributed by atoms with Gasteiger partial charge in [0.2, 0.25) is 0 Å². The molecule has 0 amide bonds. The number of allylic oxidation sites excluding steroid dienone is 2. The molecule has 182 valence electrons. The van der Waals surface area contributed by atoms with Crippen LogP contribution in [0.25, 0.3) is 12.2 Å². The molecule has 0 aliphatic rings. The Bertz CT molecular complexity index is 877. The third-order valence-electron chi connectivity index (χ3n) is 4.59. The van der Waals surface area contributed by atoms with E-state index in [4.69, 9.17) is 5.73 Å². The highest BCUT2D eigenvalue weighted by atomic mass is 16.5. The molecule has 2 aromatic carbocycles. The van der Waals surface area contributed by atoms with Crippen LogP contribution < -0.4 is 5.73 Å². The van der Waals surface area contributed by atoms with E-state index in [9.17, 15) is 4.79 Å². The Morgan fingerprint density at radius 3 is 2.27 bits per heavy atom. The van der Waals surface area contributed by atoms with Crippen molar-refractivity contribution in [2.45, 2.75) is 54.0 Å². The molecular weight excluding hydrogens is 408 g/mol. The summed E-state index contributed by atoms with van der Waals surface area (Å²) in [4.78, 5) is 12.1. The standard InChI is InChI=1S/C24H31N.C3H7NO2.C2H6/c1-6-8-13-24-22(10-7-2)16-21(18-25(4)5)17-23(24)15-20-12-9-11-19(3)14-20;1-6-3(5)2-4;1-2/h7-14,16-17H,6,15,18H2,1-5H3;2,4H2,1H3;1-2H3/b10-7-,13-8+;;. The normalized spacial score (nSPS) is 10.6. The minimum absolute atomic E-state index is 0.0312. The zero-order valence-electron chi connectivity index (χ0n) is 21.9. The highest BCUT2D eigenvalue weighted by molar-refractivity contribution is 5.71. The number of ether oxygens (including phenoxy) is 1. The third-order valence-corrected chi connectivity index (χ3v) is 4.59. The lowest BCUT2D eigenvalue weighted by Gasteiger charge is -2.16. The molecule has 2 aromatic rings. The summed E-state index contributed by atoms with van der Waals surface area (Å²) in [5.74, 6) is -0.380. The highest BCUT2D eigenvalue weighted by Gasteiger charge is 2.09. The Balaban J connectivity index is 0.00000111. The molecule has 0 saturated heterocycles. The summed E-state index contributed by atoms with van der Waals surface area (Å²) in [5, 5.41) is 0. The van der Waals surface area contributed by atoms with Crippen LogP contribution in [-0.4, -0.2) is 38.6 Å². The van der Waals surface area contributed by atoms with Gasteiger partial charge < -0.3 is 15.4 Å². The van der Waals surface area contributed by atoms with E-state index < -0.39 is 0 Å². The summed E-state index contributed by atoms with van der Waals surface area (Å²) in [6.07, 6.45) is 10.9. The molecule has 2 rings (SSSR count). The molecule has 33 heavy (non-hydrogen) atoms. The Morgan fingerprint density at radius 1 is 1.09 bits per heavy atom. The predicted molar refractivity (Wildman–Crippen MR) is 144 cm³/mol. The second-order valence-electron chi connectivity index (χ2n) is 7.75. The fourth-order valence-electron chi connectivity index (χ4n) is 3.29. The van der Waals surface area contributed by atoms with Crippen molar-refractivity contribution in [3.8, 4) is 0 Å². The van der Waals surface area contributed by atoms with Crippen LogP contribution in [0.15, 0.2) is 48.6 Å². The minimum Gasteiger partial charge on any atom is -0.468 e. The van der Waals surface area contributed by atoms with Gasteiger partial charge in [-0.3, -0.25) is 4.79 Å². The summed E-state index contributed by atoms with van der Waals surface area (Å²) in [5.41, 5.74) is 12.9.